The van der Waals surface area contributed by atoms with Crippen LogP contribution in [0.3, 0.4) is 0 Å². The number of ether oxygens (including phenoxy) is 1. The molecule has 4 rings (SSSR count). The van der Waals surface area contributed by atoms with Crippen molar-refractivity contribution in [2.75, 3.05) is 7.11 Å². The molecule has 2 aliphatic carbocycles. The fraction of sp³-hybridized carbons (Fsp3) is 0.579. The number of thiocarbonyl (C=S) groups is 1. The van der Waals surface area contributed by atoms with Gasteiger partial charge in [0.25, 0.3) is 0 Å². The number of aryl methyl sites for hydroxylation is 1. The van der Waals surface area contributed by atoms with E-state index in [-0.39, 0.29) is 5.41 Å². The Labute approximate surface area is 157 Å². The molecule has 1 saturated carbocycles. The van der Waals surface area contributed by atoms with Crippen LogP contribution in [0.15, 0.2) is 21.6 Å². The minimum absolute atomic E-state index is 0.0966. The van der Waals surface area contributed by atoms with Gasteiger partial charge >= 0.3 is 0 Å². The lowest BCUT2D eigenvalue weighted by Gasteiger charge is -2.46. The van der Waals surface area contributed by atoms with E-state index in [4.69, 9.17) is 21.9 Å². The molecule has 1 atom stereocenters. The van der Waals surface area contributed by atoms with E-state index in [1.165, 1.54) is 16.7 Å². The van der Waals surface area contributed by atoms with Gasteiger partial charge in [-0.25, -0.2) is 0 Å². The van der Waals surface area contributed by atoms with Crippen molar-refractivity contribution in [1.82, 2.24) is 5.32 Å². The zero-order valence-electron chi connectivity index (χ0n) is 14.4. The maximum absolute atomic E-state index is 5.61. The summed E-state index contributed by atoms with van der Waals surface area (Å²) in [6, 6.07) is 4.59. The molecule has 0 bridgehead atoms. The molecule has 0 saturated heterocycles. The smallest absolute Gasteiger partial charge is 0.162 e. The summed E-state index contributed by atoms with van der Waals surface area (Å²) in [5, 5.41) is 3.64. The summed E-state index contributed by atoms with van der Waals surface area (Å²) in [6.07, 6.45) is 5.86. The average molecular weight is 407 g/mol. The van der Waals surface area contributed by atoms with Crippen molar-refractivity contribution < 1.29 is 4.74 Å². The van der Waals surface area contributed by atoms with Crippen molar-refractivity contribution in [3.8, 4) is 0 Å². The van der Waals surface area contributed by atoms with E-state index in [9.17, 15) is 0 Å². The highest BCUT2D eigenvalue weighted by Crippen LogP contribution is 2.60. The Morgan fingerprint density at radius 1 is 1.29 bits per heavy atom. The molecule has 0 radical (unpaired) electrons. The van der Waals surface area contributed by atoms with Gasteiger partial charge in [-0.3, -0.25) is 4.99 Å². The molecule has 3 aliphatic rings. The van der Waals surface area contributed by atoms with Crippen LogP contribution < -0.4 is 5.32 Å². The lowest BCUT2D eigenvalue weighted by atomic mass is 9.65. The Bertz CT molecular complexity index is 752. The molecule has 1 fully saturated rings. The highest BCUT2D eigenvalue weighted by molar-refractivity contribution is 9.10. The van der Waals surface area contributed by atoms with Crippen LogP contribution in [0.4, 0.5) is 0 Å². The van der Waals surface area contributed by atoms with Crippen LogP contribution in [0, 0.1) is 12.3 Å². The third-order valence-electron chi connectivity index (χ3n) is 6.25. The van der Waals surface area contributed by atoms with E-state index in [1.807, 2.05) is 14.0 Å². The van der Waals surface area contributed by atoms with Gasteiger partial charge in [0.05, 0.1) is 11.8 Å². The van der Waals surface area contributed by atoms with Crippen molar-refractivity contribution in [2.24, 2.45) is 10.4 Å². The minimum atomic E-state index is -0.390. The second-order valence-corrected chi connectivity index (χ2v) is 8.78. The summed E-state index contributed by atoms with van der Waals surface area (Å²) in [5.41, 5.74) is 4.67. The Morgan fingerprint density at radius 3 is 2.58 bits per heavy atom. The number of halogens is 1. The molecular formula is C19H23BrN2OS. The highest BCUT2D eigenvalue weighted by atomic mass is 79.9. The van der Waals surface area contributed by atoms with Gasteiger partial charge < -0.3 is 10.1 Å². The Morgan fingerprint density at radius 2 is 2.00 bits per heavy atom. The zero-order valence-corrected chi connectivity index (χ0v) is 16.8. The Balaban J connectivity index is 1.86. The fourth-order valence-corrected chi connectivity index (χ4v) is 5.42. The van der Waals surface area contributed by atoms with Crippen LogP contribution in [0.2, 0.25) is 0 Å². The highest BCUT2D eigenvalue weighted by Gasteiger charge is 2.61. The van der Waals surface area contributed by atoms with Gasteiger partial charge in [0.2, 0.25) is 0 Å². The predicted molar refractivity (Wildman–Crippen MR) is 105 cm³/mol. The molecule has 1 unspecified atom stereocenters. The number of nitrogens with one attached hydrogen (secondary N) is 1. The molecule has 1 aromatic rings. The zero-order chi connectivity index (χ0) is 17.1. The van der Waals surface area contributed by atoms with E-state index >= 15 is 0 Å². The summed E-state index contributed by atoms with van der Waals surface area (Å²) >= 11 is 9.27. The molecule has 3 nitrogen and oxygen atoms in total. The molecule has 24 heavy (non-hydrogen) atoms. The number of hydrogen-bond acceptors (Lipinski definition) is 3. The molecule has 0 amide bonds. The Hall–Kier alpha value is -0.780. The molecule has 1 N–H and O–H groups in total. The van der Waals surface area contributed by atoms with Gasteiger partial charge in [-0.1, -0.05) is 34.2 Å². The summed E-state index contributed by atoms with van der Waals surface area (Å²) in [5.74, 6) is 0. The summed E-state index contributed by atoms with van der Waals surface area (Å²) in [4.78, 5) is 5.94. The third kappa shape index (κ3) is 2.17. The number of benzene rings is 1. The van der Waals surface area contributed by atoms with Crippen molar-refractivity contribution >= 4 is 38.8 Å². The maximum Gasteiger partial charge on any atom is 0.162 e. The second kappa shape index (κ2) is 5.61. The molecule has 128 valence electrons. The van der Waals surface area contributed by atoms with Crippen molar-refractivity contribution in [2.45, 2.75) is 57.7 Å². The predicted octanol–water partition coefficient (Wildman–Crippen LogP) is 4.43. The van der Waals surface area contributed by atoms with Gasteiger partial charge in [-0.15, -0.1) is 0 Å². The van der Waals surface area contributed by atoms with Gasteiger partial charge in [0, 0.05) is 22.6 Å². The molecule has 1 aromatic carbocycles. The van der Waals surface area contributed by atoms with Gasteiger partial charge in [0.1, 0.15) is 4.99 Å². The lowest BCUT2D eigenvalue weighted by Crippen LogP contribution is -2.52. The molecule has 2 spiro atoms. The minimum Gasteiger partial charge on any atom is -0.381 e. The first-order valence-electron chi connectivity index (χ1n) is 8.62. The van der Waals surface area contributed by atoms with Crippen molar-refractivity contribution in [1.29, 1.82) is 0 Å². The number of fused-ring (bicyclic) bond motifs is 3. The first-order valence-corrected chi connectivity index (χ1v) is 9.82. The van der Waals surface area contributed by atoms with Crippen LogP contribution in [-0.2, 0) is 16.8 Å². The molecule has 1 aliphatic heterocycles. The Kier molecular flexibility index (Phi) is 3.90. The maximum atomic E-state index is 5.61. The number of nitrogens with zero attached hydrogens (tertiary/aromatic N) is 1. The normalized spacial score (nSPS) is 34.6. The fourth-order valence-electron chi connectivity index (χ4n) is 4.88. The number of rotatable bonds is 1. The number of hydrogen-bond donors (Lipinski definition) is 1. The van der Waals surface area contributed by atoms with Crippen molar-refractivity contribution in [3.05, 3.63) is 33.3 Å². The van der Waals surface area contributed by atoms with E-state index in [0.717, 1.165) is 47.3 Å². The third-order valence-corrected chi connectivity index (χ3v) is 7.50. The number of aliphatic imine (C=N–C) groups is 1. The van der Waals surface area contributed by atoms with Crippen LogP contribution in [-0.4, -0.2) is 23.9 Å². The monoisotopic (exact) mass is 406 g/mol. The summed E-state index contributed by atoms with van der Waals surface area (Å²) in [7, 11) is 1.83. The van der Waals surface area contributed by atoms with Crippen LogP contribution >= 0.6 is 28.1 Å². The van der Waals surface area contributed by atoms with Gasteiger partial charge in [0.15, 0.2) is 5.66 Å². The average Bonchev–Trinajstić information content (AvgIpc) is 2.98. The quantitative estimate of drug-likeness (QED) is 0.700. The SMILES string of the molecule is COC1CCC2(CC1)Cc1cc(C)c(Br)cc1C21N=C(C)C(=S)N1. The van der Waals surface area contributed by atoms with Gasteiger partial charge in [-0.05, 0) is 63.1 Å². The van der Waals surface area contributed by atoms with Crippen LogP contribution in [0.25, 0.3) is 0 Å². The van der Waals surface area contributed by atoms with E-state index < -0.39 is 5.66 Å². The largest absolute Gasteiger partial charge is 0.381 e. The number of methoxy groups -OCH3 is 1. The summed E-state index contributed by atoms with van der Waals surface area (Å²) < 4.78 is 6.76. The first-order chi connectivity index (χ1) is 11.4. The standard InChI is InChI=1S/C19H23BrN2OS/c1-11-8-13-10-18(6-4-14(23-3)5-7-18)19(15(13)9-16(11)20)21-12(2)17(24)22-19/h8-9,14H,4-7,10H2,1-3H3,(H,22,24). The molecule has 0 aromatic heterocycles. The molecule has 1 heterocycles. The van der Waals surface area contributed by atoms with Crippen LogP contribution in [0.1, 0.15) is 49.3 Å². The summed E-state index contributed by atoms with van der Waals surface area (Å²) in [6.45, 7) is 4.19. The molecule has 5 heteroatoms. The molecular weight excluding hydrogens is 384 g/mol. The topological polar surface area (TPSA) is 33.6 Å². The van der Waals surface area contributed by atoms with Gasteiger partial charge in [-0.2, -0.15) is 0 Å². The first kappa shape index (κ1) is 16.7. The van der Waals surface area contributed by atoms with E-state index in [0.29, 0.717) is 6.10 Å². The second-order valence-electron chi connectivity index (χ2n) is 7.51. The lowest BCUT2D eigenvalue weighted by molar-refractivity contribution is -0.00614. The van der Waals surface area contributed by atoms with Crippen LogP contribution in [0.5, 0.6) is 0 Å². The van der Waals surface area contributed by atoms with E-state index in [2.05, 4.69) is 40.3 Å². The van der Waals surface area contributed by atoms with Crippen molar-refractivity contribution in [3.63, 3.8) is 0 Å². The van der Waals surface area contributed by atoms with E-state index in [1.54, 1.807) is 0 Å².